The molecule has 4 aromatic rings. The van der Waals surface area contributed by atoms with Crippen LogP contribution in [0.15, 0.2) is 76.7 Å². The second kappa shape index (κ2) is 7.84. The van der Waals surface area contributed by atoms with Gasteiger partial charge in [-0.25, -0.2) is 13.2 Å². The largest absolute Gasteiger partial charge is 0.348 e. The van der Waals surface area contributed by atoms with E-state index in [0.29, 0.717) is 28.8 Å². The molecule has 0 saturated carbocycles. The third kappa shape index (κ3) is 4.23. The number of fused-ring (bicyclic) bond motifs is 1. The first kappa shape index (κ1) is 19.4. The van der Waals surface area contributed by atoms with Crippen molar-refractivity contribution in [2.24, 2.45) is 0 Å². The number of amides is 1. The van der Waals surface area contributed by atoms with Crippen molar-refractivity contribution >= 4 is 32.7 Å². The van der Waals surface area contributed by atoms with Crippen molar-refractivity contribution < 1.29 is 13.2 Å². The summed E-state index contributed by atoms with van der Waals surface area (Å²) < 4.78 is 27.7. The zero-order valence-corrected chi connectivity index (χ0v) is 16.4. The van der Waals surface area contributed by atoms with Gasteiger partial charge in [0.05, 0.1) is 15.9 Å². The lowest BCUT2D eigenvalue weighted by atomic mass is 10.2. The minimum absolute atomic E-state index is 0.00409. The minimum atomic E-state index is -3.87. The standard InChI is InChI=1S/C20H17N5O4S/c26-19(22-12-13-7-9-21-10-8-13)14-1-3-15(4-2-14)25-30(28,29)16-5-6-17-18(11-16)24-20(27)23-17/h1-11,25H,12H2,(H,22,26)(H2,23,24,27). The molecule has 9 nitrogen and oxygen atoms in total. The Bertz CT molecular complexity index is 1360. The summed E-state index contributed by atoms with van der Waals surface area (Å²) in [6, 6.07) is 14.0. The average Bonchev–Trinajstić information content (AvgIpc) is 3.12. The summed E-state index contributed by atoms with van der Waals surface area (Å²) in [5.41, 5.74) is 2.13. The number of hydrogen-bond acceptors (Lipinski definition) is 5. The molecule has 0 bridgehead atoms. The highest BCUT2D eigenvalue weighted by Gasteiger charge is 2.16. The third-order valence-electron chi connectivity index (χ3n) is 4.40. The van der Waals surface area contributed by atoms with E-state index in [1.54, 1.807) is 24.5 Å². The minimum Gasteiger partial charge on any atom is -0.348 e. The fourth-order valence-corrected chi connectivity index (χ4v) is 3.95. The van der Waals surface area contributed by atoms with Gasteiger partial charge in [-0.3, -0.25) is 14.5 Å². The molecule has 30 heavy (non-hydrogen) atoms. The van der Waals surface area contributed by atoms with Crippen LogP contribution >= 0.6 is 0 Å². The highest BCUT2D eigenvalue weighted by molar-refractivity contribution is 7.92. The Kier molecular flexibility index (Phi) is 5.07. The van der Waals surface area contributed by atoms with Crippen molar-refractivity contribution in [1.82, 2.24) is 20.3 Å². The van der Waals surface area contributed by atoms with Crippen molar-refractivity contribution in [3.8, 4) is 0 Å². The van der Waals surface area contributed by atoms with Crippen LogP contribution in [0.25, 0.3) is 11.0 Å². The summed E-state index contributed by atoms with van der Waals surface area (Å²) in [7, 11) is -3.87. The van der Waals surface area contributed by atoms with Crippen LogP contribution in [0.5, 0.6) is 0 Å². The van der Waals surface area contributed by atoms with Gasteiger partial charge in [0.2, 0.25) is 0 Å². The smallest absolute Gasteiger partial charge is 0.323 e. The molecule has 0 atom stereocenters. The molecular weight excluding hydrogens is 406 g/mol. The number of carbonyl (C=O) groups is 1. The summed E-state index contributed by atoms with van der Waals surface area (Å²) in [6.45, 7) is 0.361. The van der Waals surface area contributed by atoms with Gasteiger partial charge in [-0.05, 0) is 60.2 Å². The number of carbonyl (C=O) groups excluding carboxylic acids is 1. The molecule has 0 aliphatic rings. The topological polar surface area (TPSA) is 137 Å². The maximum Gasteiger partial charge on any atom is 0.323 e. The number of aromatic amines is 2. The lowest BCUT2D eigenvalue weighted by Crippen LogP contribution is -2.22. The van der Waals surface area contributed by atoms with E-state index in [2.05, 4.69) is 25.0 Å². The Labute approximate surface area is 171 Å². The van der Waals surface area contributed by atoms with E-state index < -0.39 is 15.7 Å². The van der Waals surface area contributed by atoms with Crippen LogP contribution in [0.3, 0.4) is 0 Å². The summed E-state index contributed by atoms with van der Waals surface area (Å²) >= 11 is 0. The van der Waals surface area contributed by atoms with Gasteiger partial charge in [0, 0.05) is 30.2 Å². The molecule has 4 N–H and O–H groups in total. The van der Waals surface area contributed by atoms with Crippen LogP contribution in [0.2, 0.25) is 0 Å². The fourth-order valence-electron chi connectivity index (χ4n) is 2.87. The van der Waals surface area contributed by atoms with Crippen molar-refractivity contribution in [2.45, 2.75) is 11.4 Å². The van der Waals surface area contributed by atoms with E-state index in [1.165, 1.54) is 42.5 Å². The first-order valence-electron chi connectivity index (χ1n) is 8.93. The zero-order chi connectivity index (χ0) is 21.1. The fraction of sp³-hybridized carbons (Fsp3) is 0.0500. The molecule has 0 fully saturated rings. The third-order valence-corrected chi connectivity index (χ3v) is 5.78. The molecule has 0 aliphatic carbocycles. The van der Waals surface area contributed by atoms with Crippen LogP contribution < -0.4 is 15.7 Å². The van der Waals surface area contributed by atoms with Crippen LogP contribution in [0.4, 0.5) is 5.69 Å². The molecule has 2 heterocycles. The molecule has 0 radical (unpaired) electrons. The number of nitrogens with one attached hydrogen (secondary N) is 4. The van der Waals surface area contributed by atoms with Crippen LogP contribution in [-0.2, 0) is 16.6 Å². The van der Waals surface area contributed by atoms with Gasteiger partial charge >= 0.3 is 5.69 Å². The van der Waals surface area contributed by atoms with Crippen LogP contribution in [0.1, 0.15) is 15.9 Å². The highest BCUT2D eigenvalue weighted by Crippen LogP contribution is 2.19. The Morgan fingerprint density at radius 2 is 1.63 bits per heavy atom. The number of rotatable bonds is 6. The van der Waals surface area contributed by atoms with E-state index in [-0.39, 0.29) is 10.8 Å². The van der Waals surface area contributed by atoms with E-state index in [4.69, 9.17) is 0 Å². The van der Waals surface area contributed by atoms with Gasteiger partial charge in [0.15, 0.2) is 0 Å². The van der Waals surface area contributed by atoms with E-state index in [9.17, 15) is 18.0 Å². The normalized spacial score (nSPS) is 11.3. The lowest BCUT2D eigenvalue weighted by Gasteiger charge is -2.09. The quantitative estimate of drug-likeness (QED) is 0.376. The van der Waals surface area contributed by atoms with E-state index in [1.807, 2.05) is 0 Å². The number of H-pyrrole nitrogens is 2. The first-order chi connectivity index (χ1) is 14.4. The number of imidazole rings is 1. The zero-order valence-electron chi connectivity index (χ0n) is 15.5. The monoisotopic (exact) mass is 423 g/mol. The Balaban J connectivity index is 1.45. The summed E-state index contributed by atoms with van der Waals surface area (Å²) in [5.74, 6) is -0.275. The van der Waals surface area contributed by atoms with Gasteiger partial charge in [0.25, 0.3) is 15.9 Å². The molecule has 0 aliphatic heterocycles. The van der Waals surface area contributed by atoms with Gasteiger partial charge in [-0.15, -0.1) is 0 Å². The predicted octanol–water partition coefficient (Wildman–Crippen LogP) is 1.98. The molecular formula is C20H17N5O4S. The predicted molar refractivity (Wildman–Crippen MR) is 112 cm³/mol. The lowest BCUT2D eigenvalue weighted by molar-refractivity contribution is 0.0951. The molecule has 4 rings (SSSR count). The van der Waals surface area contributed by atoms with Crippen LogP contribution in [-0.4, -0.2) is 29.3 Å². The van der Waals surface area contributed by atoms with E-state index >= 15 is 0 Å². The number of anilines is 1. The van der Waals surface area contributed by atoms with Crippen molar-refractivity contribution in [1.29, 1.82) is 0 Å². The van der Waals surface area contributed by atoms with Crippen molar-refractivity contribution in [3.63, 3.8) is 0 Å². The summed E-state index contributed by atoms with van der Waals surface area (Å²) in [5, 5.41) is 2.79. The molecule has 152 valence electrons. The maximum absolute atomic E-state index is 12.6. The Hall–Kier alpha value is -3.92. The highest BCUT2D eigenvalue weighted by atomic mass is 32.2. The molecule has 0 saturated heterocycles. The summed E-state index contributed by atoms with van der Waals surface area (Å²) in [4.78, 5) is 32.6. The molecule has 10 heteroatoms. The van der Waals surface area contributed by atoms with Gasteiger partial charge in [-0.2, -0.15) is 0 Å². The number of sulfonamides is 1. The van der Waals surface area contributed by atoms with Crippen molar-refractivity contribution in [3.05, 3.63) is 88.6 Å². The van der Waals surface area contributed by atoms with Crippen molar-refractivity contribution in [2.75, 3.05) is 4.72 Å². The van der Waals surface area contributed by atoms with Gasteiger partial charge < -0.3 is 15.3 Å². The van der Waals surface area contributed by atoms with E-state index in [0.717, 1.165) is 5.56 Å². The molecule has 0 spiro atoms. The maximum atomic E-state index is 12.6. The Morgan fingerprint density at radius 1 is 0.933 bits per heavy atom. The number of aromatic nitrogens is 3. The van der Waals surface area contributed by atoms with Gasteiger partial charge in [-0.1, -0.05) is 0 Å². The second-order valence-electron chi connectivity index (χ2n) is 6.51. The number of pyridine rings is 1. The summed E-state index contributed by atoms with van der Waals surface area (Å²) in [6.07, 6.45) is 3.29. The first-order valence-corrected chi connectivity index (χ1v) is 10.4. The average molecular weight is 423 g/mol. The van der Waals surface area contributed by atoms with Crippen LogP contribution in [0, 0.1) is 0 Å². The Morgan fingerprint density at radius 3 is 2.37 bits per heavy atom. The molecule has 2 aromatic carbocycles. The second-order valence-corrected chi connectivity index (χ2v) is 8.19. The number of benzene rings is 2. The molecule has 0 unspecified atom stereocenters. The molecule has 2 aromatic heterocycles. The number of nitrogens with zero attached hydrogens (tertiary/aromatic N) is 1. The number of hydrogen-bond donors (Lipinski definition) is 4. The SMILES string of the molecule is O=C(NCc1ccncc1)c1ccc(NS(=O)(=O)c2ccc3[nH]c(=O)[nH]c3c2)cc1. The molecule has 1 amide bonds. The van der Waals surface area contributed by atoms with Gasteiger partial charge in [0.1, 0.15) is 0 Å².